The summed E-state index contributed by atoms with van der Waals surface area (Å²) < 4.78 is 0. The third-order valence-corrected chi connectivity index (χ3v) is 1.86. The number of rotatable bonds is 5. The highest BCUT2D eigenvalue weighted by molar-refractivity contribution is 5.88. The lowest BCUT2D eigenvalue weighted by atomic mass is 10.1. The number of carbonyl (C=O) groups is 1. The van der Waals surface area contributed by atoms with E-state index < -0.39 is 10.9 Å². The Morgan fingerprint density at radius 1 is 1.56 bits per heavy atom. The fourth-order valence-electron chi connectivity index (χ4n) is 1.11. The molecule has 0 atom stereocenters. The zero-order valence-corrected chi connectivity index (χ0v) is 8.37. The van der Waals surface area contributed by atoms with Crippen molar-refractivity contribution in [1.82, 2.24) is 0 Å². The van der Waals surface area contributed by atoms with E-state index in [0.717, 1.165) is 6.07 Å². The first-order valence-electron chi connectivity index (χ1n) is 4.22. The van der Waals surface area contributed by atoms with E-state index in [0.29, 0.717) is 0 Å². The Labute approximate surface area is 90.3 Å². The summed E-state index contributed by atoms with van der Waals surface area (Å²) >= 11 is 0. The Bertz CT molecular complexity index is 416. The quantitative estimate of drug-likeness (QED) is 0.463. The molecule has 7 heteroatoms. The number of carboxylic acids is 1. The van der Waals surface area contributed by atoms with Gasteiger partial charge in [0.05, 0.1) is 23.2 Å². The Hall–Kier alpha value is -1.99. The second-order valence-corrected chi connectivity index (χ2v) is 2.83. The van der Waals surface area contributed by atoms with Crippen molar-refractivity contribution in [1.29, 1.82) is 0 Å². The Morgan fingerprint density at radius 3 is 2.75 bits per heavy atom. The molecule has 0 aromatic heterocycles. The van der Waals surface area contributed by atoms with Crippen molar-refractivity contribution in [3.63, 3.8) is 0 Å². The predicted molar refractivity (Wildman–Crippen MR) is 51.9 cm³/mol. The van der Waals surface area contributed by atoms with E-state index in [1.807, 2.05) is 0 Å². The maximum atomic E-state index is 10.7. The molecule has 1 aromatic carbocycles. The summed E-state index contributed by atoms with van der Waals surface area (Å²) in [5.41, 5.74) is -0.207. The number of benzene rings is 1. The van der Waals surface area contributed by atoms with E-state index >= 15 is 0 Å². The molecule has 0 unspecified atom stereocenters. The van der Waals surface area contributed by atoms with Crippen molar-refractivity contribution < 1.29 is 24.6 Å². The first-order chi connectivity index (χ1) is 7.56. The van der Waals surface area contributed by atoms with Crippen LogP contribution in [-0.2, 0) is 16.4 Å². The molecule has 0 heterocycles. The number of carboxylic acid groups (broad SMARTS) is 1. The predicted octanol–water partition coefficient (Wildman–Crippen LogP) is 1.37. The van der Waals surface area contributed by atoms with E-state index in [2.05, 4.69) is 9.78 Å². The number of hydrogen-bond acceptors (Lipinski definition) is 5. The smallest absolute Gasteiger partial charge is 0.335 e. The summed E-state index contributed by atoms with van der Waals surface area (Å²) in [6, 6.07) is 3.57. The summed E-state index contributed by atoms with van der Waals surface area (Å²) in [4.78, 5) is 29.5. The second kappa shape index (κ2) is 5.19. The van der Waals surface area contributed by atoms with Crippen LogP contribution in [0.4, 0.5) is 5.69 Å². The van der Waals surface area contributed by atoms with Crippen molar-refractivity contribution in [2.24, 2.45) is 0 Å². The highest BCUT2D eigenvalue weighted by atomic mass is 17.2. The lowest BCUT2D eigenvalue weighted by Crippen LogP contribution is -2.02. The highest BCUT2D eigenvalue weighted by Gasteiger charge is 2.17. The van der Waals surface area contributed by atoms with Crippen LogP contribution in [0.15, 0.2) is 18.2 Å². The normalized spacial score (nSPS) is 10.1. The first kappa shape index (κ1) is 12.1. The second-order valence-electron chi connectivity index (χ2n) is 2.83. The van der Waals surface area contributed by atoms with Crippen LogP contribution in [0.3, 0.4) is 0 Å². The first-order valence-corrected chi connectivity index (χ1v) is 4.22. The lowest BCUT2D eigenvalue weighted by Gasteiger charge is -2.03. The number of nitro benzene ring substituents is 1. The third-order valence-electron chi connectivity index (χ3n) is 1.86. The van der Waals surface area contributed by atoms with E-state index in [1.54, 1.807) is 0 Å². The molecule has 1 N–H and O–H groups in total. The molecule has 0 spiro atoms. The van der Waals surface area contributed by atoms with Crippen LogP contribution in [0, 0.1) is 10.1 Å². The molecular formula is C9H9NO6. The van der Waals surface area contributed by atoms with Gasteiger partial charge in [0.2, 0.25) is 0 Å². The number of nitrogens with zero attached hydrogens (tertiary/aromatic N) is 1. The largest absolute Gasteiger partial charge is 0.478 e. The van der Waals surface area contributed by atoms with Gasteiger partial charge in [0.15, 0.2) is 0 Å². The number of hydrogen-bond donors (Lipinski definition) is 1. The van der Waals surface area contributed by atoms with Crippen LogP contribution < -0.4 is 0 Å². The topological polar surface area (TPSA) is 98.9 Å². The van der Waals surface area contributed by atoms with E-state index in [-0.39, 0.29) is 23.4 Å². The molecule has 0 saturated carbocycles. The lowest BCUT2D eigenvalue weighted by molar-refractivity contribution is -0.387. The van der Waals surface area contributed by atoms with Gasteiger partial charge in [0, 0.05) is 6.07 Å². The maximum Gasteiger partial charge on any atom is 0.335 e. The van der Waals surface area contributed by atoms with Crippen molar-refractivity contribution in [2.45, 2.75) is 6.61 Å². The molecule has 7 nitrogen and oxygen atoms in total. The third kappa shape index (κ3) is 2.75. The molecule has 0 amide bonds. The van der Waals surface area contributed by atoms with Crippen molar-refractivity contribution in [3.8, 4) is 0 Å². The molecule has 1 aromatic rings. The van der Waals surface area contributed by atoms with Gasteiger partial charge in [-0.3, -0.25) is 10.1 Å². The molecule has 1 rings (SSSR count). The average Bonchev–Trinajstić information content (AvgIpc) is 2.25. The van der Waals surface area contributed by atoms with E-state index in [9.17, 15) is 14.9 Å². The average molecular weight is 227 g/mol. The van der Waals surface area contributed by atoms with Gasteiger partial charge in [0.25, 0.3) is 5.69 Å². The van der Waals surface area contributed by atoms with Gasteiger partial charge in [-0.1, -0.05) is 0 Å². The monoisotopic (exact) mass is 227 g/mol. The van der Waals surface area contributed by atoms with E-state index in [1.165, 1.54) is 19.2 Å². The molecule has 16 heavy (non-hydrogen) atoms. The molecule has 0 saturated heterocycles. The van der Waals surface area contributed by atoms with E-state index in [4.69, 9.17) is 5.11 Å². The zero-order chi connectivity index (χ0) is 12.1. The van der Waals surface area contributed by atoms with Crippen molar-refractivity contribution in [2.75, 3.05) is 7.11 Å². The van der Waals surface area contributed by atoms with Gasteiger partial charge < -0.3 is 5.11 Å². The molecular weight excluding hydrogens is 218 g/mol. The highest BCUT2D eigenvalue weighted by Crippen LogP contribution is 2.21. The fourth-order valence-corrected chi connectivity index (χ4v) is 1.11. The number of aromatic carboxylic acids is 1. The molecule has 0 aliphatic carbocycles. The van der Waals surface area contributed by atoms with Gasteiger partial charge >= 0.3 is 5.97 Å². The van der Waals surface area contributed by atoms with Gasteiger partial charge in [-0.15, -0.1) is 0 Å². The molecule has 86 valence electrons. The Balaban J connectivity index is 3.09. The van der Waals surface area contributed by atoms with Crippen molar-refractivity contribution >= 4 is 11.7 Å². The van der Waals surface area contributed by atoms with Crippen LogP contribution >= 0.6 is 0 Å². The molecule has 0 bridgehead atoms. The zero-order valence-electron chi connectivity index (χ0n) is 8.37. The van der Waals surface area contributed by atoms with Gasteiger partial charge in [-0.2, -0.15) is 0 Å². The summed E-state index contributed by atoms with van der Waals surface area (Å²) in [7, 11) is 1.28. The van der Waals surface area contributed by atoms with Crippen LogP contribution in [-0.4, -0.2) is 23.1 Å². The van der Waals surface area contributed by atoms with Crippen LogP contribution in [0.1, 0.15) is 15.9 Å². The van der Waals surface area contributed by atoms with Crippen LogP contribution in [0.25, 0.3) is 0 Å². The van der Waals surface area contributed by atoms with Crippen LogP contribution in [0.2, 0.25) is 0 Å². The summed E-state index contributed by atoms with van der Waals surface area (Å²) in [6.45, 7) is -0.118. The molecule has 0 fully saturated rings. The Kier molecular flexibility index (Phi) is 3.92. The van der Waals surface area contributed by atoms with Crippen LogP contribution in [0.5, 0.6) is 0 Å². The fraction of sp³-hybridized carbons (Fsp3) is 0.222. The summed E-state index contributed by atoms with van der Waals surface area (Å²) in [6.07, 6.45) is 0. The van der Waals surface area contributed by atoms with Crippen molar-refractivity contribution in [3.05, 3.63) is 39.4 Å². The Morgan fingerprint density at radius 2 is 2.25 bits per heavy atom. The minimum atomic E-state index is -1.22. The summed E-state index contributed by atoms with van der Waals surface area (Å²) in [5.74, 6) is -1.22. The number of nitro groups is 1. The van der Waals surface area contributed by atoms with Gasteiger partial charge in [-0.25, -0.2) is 14.6 Å². The van der Waals surface area contributed by atoms with Gasteiger partial charge in [0.1, 0.15) is 6.61 Å². The molecule has 0 aliphatic rings. The molecule has 0 radical (unpaired) electrons. The minimum absolute atomic E-state index is 0.118. The standard InChI is InChI=1S/C9H9NO6/c1-15-16-5-7-3-2-6(9(11)12)4-8(7)10(13)14/h2-4H,5H2,1H3,(H,11,12). The SMILES string of the molecule is COOCc1ccc(C(=O)O)cc1[N+](=O)[O-]. The van der Waals surface area contributed by atoms with Gasteiger partial charge in [-0.05, 0) is 12.1 Å². The summed E-state index contributed by atoms with van der Waals surface area (Å²) in [5, 5.41) is 19.4. The molecule has 0 aliphatic heterocycles. The maximum absolute atomic E-state index is 10.7. The minimum Gasteiger partial charge on any atom is -0.478 e.